The maximum absolute atomic E-state index is 7.36. The molecule has 0 spiro atoms. The smallest absolute Gasteiger partial charge is 0.00608 e. The van der Waals surface area contributed by atoms with Gasteiger partial charge in [-0.15, -0.1) is 0 Å². The topological polar surface area (TPSA) is 23.9 Å². The average molecular weight is 169 g/mol. The lowest BCUT2D eigenvalue weighted by Gasteiger charge is -2.13. The van der Waals surface area contributed by atoms with Gasteiger partial charge in [-0.2, -0.15) is 0 Å². The van der Waals surface area contributed by atoms with Crippen molar-refractivity contribution in [1.82, 2.24) is 0 Å². The summed E-state index contributed by atoms with van der Waals surface area (Å²) < 4.78 is 0. The Kier molecular flexibility index (Phi) is 6.04. The summed E-state index contributed by atoms with van der Waals surface area (Å²) in [4.78, 5) is 0. The number of rotatable bonds is 6. The molecule has 0 saturated carbocycles. The van der Waals surface area contributed by atoms with Gasteiger partial charge in [0.1, 0.15) is 0 Å². The summed E-state index contributed by atoms with van der Waals surface area (Å²) in [6.45, 7) is 8.71. The number of nitrogens with one attached hydrogen (secondary N) is 1. The van der Waals surface area contributed by atoms with E-state index in [1.165, 1.54) is 19.3 Å². The molecule has 0 aromatic rings. The first-order chi connectivity index (χ1) is 5.56. The highest BCUT2D eigenvalue weighted by molar-refractivity contribution is 5.78. The molecule has 0 bridgehead atoms. The zero-order valence-electron chi connectivity index (χ0n) is 8.98. The Balaban J connectivity index is 3.43. The molecule has 1 N–H and O–H groups in total. The summed E-state index contributed by atoms with van der Waals surface area (Å²) in [5.41, 5.74) is 0.826. The van der Waals surface area contributed by atoms with Gasteiger partial charge in [0.25, 0.3) is 0 Å². The van der Waals surface area contributed by atoms with Crippen LogP contribution in [0.15, 0.2) is 0 Å². The maximum Gasteiger partial charge on any atom is 0.00608 e. The third kappa shape index (κ3) is 6.38. The van der Waals surface area contributed by atoms with Gasteiger partial charge in [-0.25, -0.2) is 0 Å². The van der Waals surface area contributed by atoms with E-state index >= 15 is 0 Å². The summed E-state index contributed by atoms with van der Waals surface area (Å²) in [7, 11) is 0. The first kappa shape index (κ1) is 11.7. The lowest BCUT2D eigenvalue weighted by molar-refractivity contribution is 0.429. The van der Waals surface area contributed by atoms with E-state index in [-0.39, 0.29) is 0 Å². The molecule has 0 aliphatic carbocycles. The minimum atomic E-state index is 0.705. The van der Waals surface area contributed by atoms with Crippen molar-refractivity contribution in [2.75, 3.05) is 0 Å². The van der Waals surface area contributed by atoms with Gasteiger partial charge in [0.2, 0.25) is 0 Å². The van der Waals surface area contributed by atoms with Crippen LogP contribution in [0.1, 0.15) is 53.4 Å². The third-order valence-corrected chi connectivity index (χ3v) is 2.50. The Hall–Kier alpha value is -0.330. The van der Waals surface area contributed by atoms with Crippen molar-refractivity contribution in [3.63, 3.8) is 0 Å². The van der Waals surface area contributed by atoms with Crippen molar-refractivity contribution >= 4 is 5.71 Å². The molecule has 72 valence electrons. The van der Waals surface area contributed by atoms with Crippen LogP contribution in [0.4, 0.5) is 0 Å². The quantitative estimate of drug-likeness (QED) is 0.583. The molecule has 1 nitrogen and oxygen atoms in total. The zero-order valence-corrected chi connectivity index (χ0v) is 8.98. The SMILES string of the molecule is CCC(C)CCC(C)CC(C)=N. The van der Waals surface area contributed by atoms with E-state index in [1.807, 2.05) is 6.92 Å². The molecule has 0 amide bonds. The Morgan fingerprint density at radius 2 is 1.67 bits per heavy atom. The molecule has 2 unspecified atom stereocenters. The fraction of sp³-hybridized carbons (Fsp3) is 0.909. The van der Waals surface area contributed by atoms with Gasteiger partial charge >= 0.3 is 0 Å². The van der Waals surface area contributed by atoms with E-state index in [2.05, 4.69) is 20.8 Å². The second-order valence-electron chi connectivity index (χ2n) is 4.18. The van der Waals surface area contributed by atoms with Crippen molar-refractivity contribution in [1.29, 1.82) is 5.41 Å². The lowest BCUT2D eigenvalue weighted by Crippen LogP contribution is -2.03. The van der Waals surface area contributed by atoms with E-state index in [4.69, 9.17) is 5.41 Å². The van der Waals surface area contributed by atoms with Crippen LogP contribution in [0.25, 0.3) is 0 Å². The Bertz CT molecular complexity index is 129. The molecule has 0 heterocycles. The molecule has 0 radical (unpaired) electrons. The van der Waals surface area contributed by atoms with E-state index in [9.17, 15) is 0 Å². The van der Waals surface area contributed by atoms with Crippen LogP contribution < -0.4 is 0 Å². The third-order valence-electron chi connectivity index (χ3n) is 2.50. The average Bonchev–Trinajstić information content (AvgIpc) is 1.99. The Labute approximate surface area is 77.1 Å². The van der Waals surface area contributed by atoms with Crippen molar-refractivity contribution < 1.29 is 0 Å². The van der Waals surface area contributed by atoms with E-state index in [0.29, 0.717) is 5.92 Å². The van der Waals surface area contributed by atoms with Gasteiger partial charge in [0.05, 0.1) is 0 Å². The second kappa shape index (κ2) is 6.22. The number of hydrogen-bond donors (Lipinski definition) is 1. The van der Waals surface area contributed by atoms with Gasteiger partial charge in [0, 0.05) is 5.71 Å². The highest BCUT2D eigenvalue weighted by Crippen LogP contribution is 2.17. The maximum atomic E-state index is 7.36. The Morgan fingerprint density at radius 3 is 2.08 bits per heavy atom. The van der Waals surface area contributed by atoms with Crippen molar-refractivity contribution in [2.24, 2.45) is 11.8 Å². The molecule has 0 aromatic heterocycles. The predicted octanol–water partition coefficient (Wildman–Crippen LogP) is 3.88. The lowest BCUT2D eigenvalue weighted by atomic mass is 9.93. The van der Waals surface area contributed by atoms with Gasteiger partial charge < -0.3 is 5.41 Å². The van der Waals surface area contributed by atoms with Crippen molar-refractivity contribution in [3.8, 4) is 0 Å². The van der Waals surface area contributed by atoms with Gasteiger partial charge in [0.15, 0.2) is 0 Å². The molecule has 0 aliphatic rings. The number of hydrogen-bond acceptors (Lipinski definition) is 1. The van der Waals surface area contributed by atoms with Crippen LogP contribution in [-0.2, 0) is 0 Å². The predicted molar refractivity (Wildman–Crippen MR) is 55.9 cm³/mol. The monoisotopic (exact) mass is 169 g/mol. The van der Waals surface area contributed by atoms with Gasteiger partial charge in [-0.3, -0.25) is 0 Å². The van der Waals surface area contributed by atoms with E-state index in [0.717, 1.165) is 18.1 Å². The normalized spacial score (nSPS) is 15.7. The first-order valence-electron chi connectivity index (χ1n) is 5.10. The van der Waals surface area contributed by atoms with Crippen LogP contribution in [0.3, 0.4) is 0 Å². The first-order valence-corrected chi connectivity index (χ1v) is 5.10. The highest BCUT2D eigenvalue weighted by atomic mass is 14.4. The highest BCUT2D eigenvalue weighted by Gasteiger charge is 2.05. The molecule has 0 aliphatic heterocycles. The standard InChI is InChI=1S/C11H23N/c1-5-9(2)6-7-10(3)8-11(4)12/h9-10,12H,5-8H2,1-4H3. The van der Waals surface area contributed by atoms with E-state index in [1.54, 1.807) is 0 Å². The molecular formula is C11H23N. The summed E-state index contributed by atoms with van der Waals surface area (Å²) in [6.07, 6.45) is 4.88. The fourth-order valence-electron chi connectivity index (χ4n) is 1.40. The molecule has 2 atom stereocenters. The van der Waals surface area contributed by atoms with Crippen molar-refractivity contribution in [3.05, 3.63) is 0 Å². The Morgan fingerprint density at radius 1 is 1.17 bits per heavy atom. The zero-order chi connectivity index (χ0) is 9.56. The largest absolute Gasteiger partial charge is 0.310 e. The van der Waals surface area contributed by atoms with Gasteiger partial charge in [-0.1, -0.05) is 40.0 Å². The van der Waals surface area contributed by atoms with Crippen LogP contribution >= 0.6 is 0 Å². The minimum Gasteiger partial charge on any atom is -0.310 e. The minimum absolute atomic E-state index is 0.705. The molecule has 0 rings (SSSR count). The molecule has 0 aromatic carbocycles. The summed E-state index contributed by atoms with van der Waals surface area (Å²) in [5, 5.41) is 7.36. The molecule has 0 fully saturated rings. The fourth-order valence-corrected chi connectivity index (χ4v) is 1.40. The van der Waals surface area contributed by atoms with Crippen LogP contribution in [-0.4, -0.2) is 5.71 Å². The summed E-state index contributed by atoms with van der Waals surface area (Å²) in [5.74, 6) is 1.56. The molecular weight excluding hydrogens is 146 g/mol. The second-order valence-corrected chi connectivity index (χ2v) is 4.18. The van der Waals surface area contributed by atoms with Crippen molar-refractivity contribution in [2.45, 2.75) is 53.4 Å². The van der Waals surface area contributed by atoms with Crippen LogP contribution in [0.2, 0.25) is 0 Å². The molecule has 0 saturated heterocycles. The summed E-state index contributed by atoms with van der Waals surface area (Å²) in [6, 6.07) is 0. The molecule has 12 heavy (non-hydrogen) atoms. The van der Waals surface area contributed by atoms with E-state index < -0.39 is 0 Å². The summed E-state index contributed by atoms with van der Waals surface area (Å²) >= 11 is 0. The molecule has 1 heteroatoms. The van der Waals surface area contributed by atoms with Crippen LogP contribution in [0.5, 0.6) is 0 Å². The van der Waals surface area contributed by atoms with Crippen LogP contribution in [0, 0.1) is 17.2 Å². The van der Waals surface area contributed by atoms with Gasteiger partial charge in [-0.05, 0) is 25.2 Å².